The number of rotatable bonds is 8. The van der Waals surface area contributed by atoms with Gasteiger partial charge in [-0.05, 0) is 52.3 Å². The van der Waals surface area contributed by atoms with Crippen molar-refractivity contribution >= 4 is 49.7 Å². The molecule has 3 aromatic carbocycles. The Morgan fingerprint density at radius 3 is 2.76 bits per heavy atom. The van der Waals surface area contributed by atoms with E-state index in [4.69, 9.17) is 13.9 Å². The number of furan rings is 1. The molecule has 2 aromatic heterocycles. The van der Waals surface area contributed by atoms with Crippen LogP contribution in [0.2, 0.25) is 0 Å². The fourth-order valence-electron chi connectivity index (χ4n) is 3.93. The highest BCUT2D eigenvalue weighted by atomic mass is 79.9. The maximum atomic E-state index is 13.5. The smallest absolute Gasteiger partial charge is 0.312 e. The van der Waals surface area contributed by atoms with E-state index in [1.54, 1.807) is 61.7 Å². The minimum absolute atomic E-state index is 0.0634. The van der Waals surface area contributed by atoms with E-state index in [0.29, 0.717) is 43.4 Å². The second kappa shape index (κ2) is 10.3. The van der Waals surface area contributed by atoms with Gasteiger partial charge in [-0.2, -0.15) is 9.78 Å². The van der Waals surface area contributed by atoms with Crippen molar-refractivity contribution in [1.82, 2.24) is 9.66 Å². The minimum atomic E-state index is -0.558. The van der Waals surface area contributed by atoms with Crippen LogP contribution < -0.4 is 15.0 Å². The van der Waals surface area contributed by atoms with Crippen LogP contribution >= 0.6 is 15.9 Å². The van der Waals surface area contributed by atoms with Gasteiger partial charge in [-0.15, -0.1) is 0 Å². The highest BCUT2D eigenvalue weighted by molar-refractivity contribution is 9.10. The SMILES string of the molecule is C=CCOc1c(Br)cc(C=Nn2c(-c3cc4c(OC)cccc4o3)nc3ccccc3c2=O)cc1[N+](=O)[O-]. The van der Waals surface area contributed by atoms with E-state index in [2.05, 4.69) is 32.6 Å². The molecule has 0 aliphatic rings. The zero-order valence-corrected chi connectivity index (χ0v) is 21.5. The van der Waals surface area contributed by atoms with E-state index in [1.165, 1.54) is 18.4 Å². The first kappa shape index (κ1) is 24.9. The number of nitro groups is 1. The molecule has 0 unspecified atom stereocenters. The molecule has 5 aromatic rings. The number of hydrogen-bond donors (Lipinski definition) is 0. The lowest BCUT2D eigenvalue weighted by Gasteiger charge is -2.09. The molecular weight excluding hydrogens is 556 g/mol. The second-order valence-corrected chi connectivity index (χ2v) is 8.86. The fraction of sp³-hybridized carbons (Fsp3) is 0.0741. The van der Waals surface area contributed by atoms with Crippen LogP contribution in [0.3, 0.4) is 0 Å². The number of fused-ring (bicyclic) bond motifs is 2. The molecule has 10 nitrogen and oxygen atoms in total. The normalized spacial score (nSPS) is 11.3. The van der Waals surface area contributed by atoms with Gasteiger partial charge in [0.1, 0.15) is 17.9 Å². The summed E-state index contributed by atoms with van der Waals surface area (Å²) in [7, 11) is 1.56. The topological polar surface area (TPSA) is 122 Å². The van der Waals surface area contributed by atoms with Crippen molar-refractivity contribution in [3.63, 3.8) is 0 Å². The summed E-state index contributed by atoms with van der Waals surface area (Å²) in [6, 6.07) is 16.9. The predicted molar refractivity (Wildman–Crippen MR) is 147 cm³/mol. The largest absolute Gasteiger partial charge is 0.496 e. The molecule has 0 radical (unpaired) electrons. The molecule has 0 spiro atoms. The maximum Gasteiger partial charge on any atom is 0.312 e. The van der Waals surface area contributed by atoms with Crippen LogP contribution in [0.4, 0.5) is 5.69 Å². The van der Waals surface area contributed by atoms with Gasteiger partial charge >= 0.3 is 5.69 Å². The van der Waals surface area contributed by atoms with E-state index >= 15 is 0 Å². The van der Waals surface area contributed by atoms with Crippen LogP contribution in [0, 0.1) is 10.1 Å². The zero-order valence-electron chi connectivity index (χ0n) is 20.0. The molecule has 0 bridgehead atoms. The van der Waals surface area contributed by atoms with Gasteiger partial charge < -0.3 is 13.9 Å². The molecule has 11 heteroatoms. The number of aromatic nitrogens is 2. The summed E-state index contributed by atoms with van der Waals surface area (Å²) in [5.74, 6) is 1.12. The summed E-state index contributed by atoms with van der Waals surface area (Å²) < 4.78 is 18.4. The highest BCUT2D eigenvalue weighted by Gasteiger charge is 2.21. The molecule has 0 atom stereocenters. The summed E-state index contributed by atoms with van der Waals surface area (Å²) in [4.78, 5) is 29.3. The van der Waals surface area contributed by atoms with Crippen LogP contribution in [0.25, 0.3) is 33.5 Å². The number of benzene rings is 3. The van der Waals surface area contributed by atoms with E-state index in [9.17, 15) is 14.9 Å². The number of nitro benzene ring substituents is 1. The molecule has 0 saturated carbocycles. The van der Waals surface area contributed by atoms with Gasteiger partial charge in [0.15, 0.2) is 5.76 Å². The van der Waals surface area contributed by atoms with Crippen LogP contribution in [-0.2, 0) is 0 Å². The van der Waals surface area contributed by atoms with Gasteiger partial charge in [-0.25, -0.2) is 4.98 Å². The van der Waals surface area contributed by atoms with Crippen LogP contribution in [0.5, 0.6) is 11.5 Å². The van der Waals surface area contributed by atoms with Gasteiger partial charge in [0.05, 0.1) is 39.0 Å². The minimum Gasteiger partial charge on any atom is -0.496 e. The molecule has 0 saturated heterocycles. The lowest BCUT2D eigenvalue weighted by molar-refractivity contribution is -0.385. The number of ether oxygens (including phenoxy) is 2. The summed E-state index contributed by atoms with van der Waals surface area (Å²) in [5.41, 5.74) is 0.664. The molecule has 0 N–H and O–H groups in total. The molecule has 190 valence electrons. The van der Waals surface area contributed by atoms with Crippen molar-refractivity contribution < 1.29 is 18.8 Å². The van der Waals surface area contributed by atoms with Crippen molar-refractivity contribution in [2.75, 3.05) is 13.7 Å². The Bertz CT molecular complexity index is 1810. The Kier molecular flexibility index (Phi) is 6.75. The summed E-state index contributed by atoms with van der Waals surface area (Å²) in [6.45, 7) is 3.66. The third-order valence-corrected chi connectivity index (χ3v) is 6.22. The summed E-state index contributed by atoms with van der Waals surface area (Å²) in [6.07, 6.45) is 2.82. The Morgan fingerprint density at radius 1 is 1.18 bits per heavy atom. The Hall–Kier alpha value is -4.77. The predicted octanol–water partition coefficient (Wildman–Crippen LogP) is 5.94. The van der Waals surface area contributed by atoms with Gasteiger partial charge in [-0.1, -0.05) is 30.9 Å². The number of methoxy groups -OCH3 is 1. The number of halogens is 1. The van der Waals surface area contributed by atoms with Crippen molar-refractivity contribution in [2.45, 2.75) is 0 Å². The van der Waals surface area contributed by atoms with Crippen LogP contribution in [0.1, 0.15) is 5.56 Å². The Balaban J connectivity index is 1.68. The maximum absolute atomic E-state index is 13.5. The molecule has 0 fully saturated rings. The summed E-state index contributed by atoms with van der Waals surface area (Å²) >= 11 is 3.32. The first-order valence-corrected chi connectivity index (χ1v) is 12.0. The average Bonchev–Trinajstić information content (AvgIpc) is 3.36. The molecule has 38 heavy (non-hydrogen) atoms. The van der Waals surface area contributed by atoms with Crippen molar-refractivity contribution in [3.05, 3.63) is 104 Å². The van der Waals surface area contributed by atoms with E-state index < -0.39 is 10.5 Å². The third-order valence-electron chi connectivity index (χ3n) is 5.63. The number of para-hydroxylation sites is 1. The van der Waals surface area contributed by atoms with Crippen LogP contribution in [-0.4, -0.2) is 34.5 Å². The van der Waals surface area contributed by atoms with Gasteiger partial charge in [0.2, 0.25) is 11.6 Å². The Morgan fingerprint density at radius 2 is 2.00 bits per heavy atom. The molecule has 0 amide bonds. The highest BCUT2D eigenvalue weighted by Crippen LogP contribution is 2.36. The van der Waals surface area contributed by atoms with Gasteiger partial charge in [0, 0.05) is 11.6 Å². The quantitative estimate of drug-likeness (QED) is 0.0972. The van der Waals surface area contributed by atoms with Gasteiger partial charge in [-0.3, -0.25) is 14.9 Å². The number of nitrogens with zero attached hydrogens (tertiary/aromatic N) is 4. The fourth-order valence-corrected chi connectivity index (χ4v) is 4.51. The van der Waals surface area contributed by atoms with E-state index in [1.807, 2.05) is 0 Å². The molecular formula is C27H19BrN4O6. The second-order valence-electron chi connectivity index (χ2n) is 8.00. The first-order chi connectivity index (χ1) is 18.4. The lowest BCUT2D eigenvalue weighted by atomic mass is 10.2. The monoisotopic (exact) mass is 574 g/mol. The lowest BCUT2D eigenvalue weighted by Crippen LogP contribution is -2.20. The number of hydrogen-bond acceptors (Lipinski definition) is 8. The third kappa shape index (κ3) is 4.55. The van der Waals surface area contributed by atoms with Crippen molar-refractivity contribution in [2.24, 2.45) is 5.10 Å². The Labute approximate surface area is 223 Å². The average molecular weight is 575 g/mol. The van der Waals surface area contributed by atoms with E-state index in [0.717, 1.165) is 4.68 Å². The first-order valence-electron chi connectivity index (χ1n) is 11.3. The molecule has 0 aliphatic heterocycles. The molecule has 2 heterocycles. The van der Waals surface area contributed by atoms with Crippen molar-refractivity contribution in [3.8, 4) is 23.1 Å². The van der Waals surface area contributed by atoms with Crippen molar-refractivity contribution in [1.29, 1.82) is 0 Å². The standard InChI is InChI=1S/C27H19BrN4O6/c1-3-11-37-25-19(28)12-16(13-21(25)32(34)35)15-29-31-26(30-20-8-5-4-7-17(20)27(31)33)24-14-18-22(36-2)9-6-10-23(18)38-24/h3-10,12-15H,1,11H2,2H3. The molecule has 5 rings (SSSR count). The molecule has 0 aliphatic carbocycles. The van der Waals surface area contributed by atoms with Gasteiger partial charge in [0.25, 0.3) is 5.56 Å². The zero-order chi connectivity index (χ0) is 26.8. The summed E-state index contributed by atoms with van der Waals surface area (Å²) in [5, 5.41) is 17.1. The van der Waals surface area contributed by atoms with E-state index in [-0.39, 0.29) is 23.9 Å². The van der Waals surface area contributed by atoms with Crippen LogP contribution in [0.15, 0.2) is 92.1 Å².